The number of likely N-dealkylation sites (tertiary alicyclic amines) is 1. The summed E-state index contributed by atoms with van der Waals surface area (Å²) in [6, 6.07) is 8.38. The molecule has 0 spiro atoms. The molecule has 0 radical (unpaired) electrons. The minimum atomic E-state index is 0.671. The number of para-hydroxylation sites is 1. The molecule has 5 heteroatoms. The number of nitrogens with one attached hydrogen (secondary N) is 1. The van der Waals surface area contributed by atoms with Crippen LogP contribution in [0.1, 0.15) is 43.6 Å². The summed E-state index contributed by atoms with van der Waals surface area (Å²) in [6.45, 7) is 13.3. The summed E-state index contributed by atoms with van der Waals surface area (Å²) >= 11 is 0. The fourth-order valence-electron chi connectivity index (χ4n) is 4.25. The van der Waals surface area contributed by atoms with E-state index in [0.717, 1.165) is 31.3 Å². The Bertz CT molecular complexity index is 719. The summed E-state index contributed by atoms with van der Waals surface area (Å²) < 4.78 is 5.52. The number of methoxy groups -OCH3 is 1. The van der Waals surface area contributed by atoms with Gasteiger partial charge in [0.25, 0.3) is 0 Å². The summed E-state index contributed by atoms with van der Waals surface area (Å²) in [5.74, 6) is 2.44. The van der Waals surface area contributed by atoms with E-state index in [1.165, 1.54) is 49.4 Å². The summed E-state index contributed by atoms with van der Waals surface area (Å²) in [5, 5.41) is 0. The van der Waals surface area contributed by atoms with Crippen molar-refractivity contribution in [3.63, 3.8) is 0 Å². The second-order valence-corrected chi connectivity index (χ2v) is 8.59. The number of H-pyrrole nitrogens is 1. The highest BCUT2D eigenvalue weighted by atomic mass is 16.5. The summed E-state index contributed by atoms with van der Waals surface area (Å²) in [7, 11) is 1.76. The van der Waals surface area contributed by atoms with E-state index >= 15 is 0 Å². The zero-order chi connectivity index (χ0) is 19.9. The van der Waals surface area contributed by atoms with Crippen LogP contribution >= 0.6 is 0 Å². The zero-order valence-corrected chi connectivity index (χ0v) is 17.9. The molecule has 0 aliphatic carbocycles. The molecule has 3 rings (SSSR count). The van der Waals surface area contributed by atoms with Gasteiger partial charge in [-0.05, 0) is 50.8 Å². The first-order valence-electron chi connectivity index (χ1n) is 10.6. The Morgan fingerprint density at radius 3 is 2.64 bits per heavy atom. The Hall–Kier alpha value is -1.85. The monoisotopic (exact) mass is 384 g/mol. The topological polar surface area (TPSA) is 44.4 Å². The van der Waals surface area contributed by atoms with Gasteiger partial charge in [0.05, 0.1) is 19.1 Å². The smallest absolute Gasteiger partial charge is 0.123 e. The number of aryl methyl sites for hydroxylation is 1. The predicted molar refractivity (Wildman–Crippen MR) is 114 cm³/mol. The van der Waals surface area contributed by atoms with Gasteiger partial charge in [0.15, 0.2) is 0 Å². The molecule has 0 saturated carbocycles. The maximum atomic E-state index is 5.52. The molecule has 0 atom stereocenters. The number of imidazole rings is 1. The molecule has 154 valence electrons. The highest BCUT2D eigenvalue weighted by molar-refractivity contribution is 5.33. The number of aromatic amines is 1. The van der Waals surface area contributed by atoms with Crippen LogP contribution in [-0.2, 0) is 13.1 Å². The molecular weight excluding hydrogens is 348 g/mol. The molecule has 1 aliphatic rings. The molecule has 28 heavy (non-hydrogen) atoms. The van der Waals surface area contributed by atoms with Crippen LogP contribution in [0.5, 0.6) is 5.75 Å². The van der Waals surface area contributed by atoms with E-state index < -0.39 is 0 Å². The van der Waals surface area contributed by atoms with Crippen LogP contribution in [-0.4, -0.2) is 53.1 Å². The number of rotatable bonds is 9. The number of aromatic nitrogens is 2. The van der Waals surface area contributed by atoms with Crippen molar-refractivity contribution >= 4 is 0 Å². The third-order valence-corrected chi connectivity index (χ3v) is 5.74. The minimum absolute atomic E-state index is 0.671. The predicted octanol–water partition coefficient (Wildman–Crippen LogP) is 4.10. The Morgan fingerprint density at radius 2 is 2.00 bits per heavy atom. The molecule has 0 amide bonds. The van der Waals surface area contributed by atoms with Crippen LogP contribution in [0.15, 0.2) is 30.6 Å². The Balaban J connectivity index is 1.52. The van der Waals surface area contributed by atoms with Crippen molar-refractivity contribution in [2.75, 3.05) is 33.3 Å². The lowest BCUT2D eigenvalue weighted by Crippen LogP contribution is -2.39. The Labute approximate surface area is 170 Å². The SMILES string of the molecule is COc1ccccc1CN1CCC(CN(Cc2nc[nH]c2C)CC(C)C)CC1. The molecule has 0 unspecified atom stereocenters. The summed E-state index contributed by atoms with van der Waals surface area (Å²) in [6.07, 6.45) is 4.35. The normalized spacial score (nSPS) is 16.2. The van der Waals surface area contributed by atoms with Gasteiger partial charge >= 0.3 is 0 Å². The van der Waals surface area contributed by atoms with Crippen molar-refractivity contribution in [3.8, 4) is 5.75 Å². The fraction of sp³-hybridized carbons (Fsp3) is 0.609. The average molecular weight is 385 g/mol. The number of hydrogen-bond acceptors (Lipinski definition) is 4. The van der Waals surface area contributed by atoms with Gasteiger partial charge in [-0.2, -0.15) is 0 Å². The second kappa shape index (κ2) is 10.1. The quantitative estimate of drug-likeness (QED) is 0.707. The molecule has 0 bridgehead atoms. The van der Waals surface area contributed by atoms with Crippen LogP contribution in [0.3, 0.4) is 0 Å². The summed E-state index contributed by atoms with van der Waals surface area (Å²) in [4.78, 5) is 12.9. The molecule has 1 fully saturated rings. The van der Waals surface area contributed by atoms with E-state index in [9.17, 15) is 0 Å². The molecule has 2 heterocycles. The van der Waals surface area contributed by atoms with Gasteiger partial charge in [-0.25, -0.2) is 4.98 Å². The maximum absolute atomic E-state index is 5.52. The number of piperidine rings is 1. The van der Waals surface area contributed by atoms with Crippen LogP contribution in [0, 0.1) is 18.8 Å². The van der Waals surface area contributed by atoms with Gasteiger partial charge < -0.3 is 9.72 Å². The van der Waals surface area contributed by atoms with Crippen molar-refractivity contribution < 1.29 is 4.74 Å². The number of hydrogen-bond donors (Lipinski definition) is 1. The lowest BCUT2D eigenvalue weighted by atomic mass is 9.95. The largest absolute Gasteiger partial charge is 0.496 e. The van der Waals surface area contributed by atoms with E-state index in [1.54, 1.807) is 7.11 Å². The standard InChI is InChI=1S/C23H36N4O/c1-18(2)13-27(16-22-19(3)24-17-25-22)14-20-9-11-26(12-10-20)15-21-7-5-6-8-23(21)28-4/h5-8,17-18,20H,9-16H2,1-4H3,(H,24,25). The number of nitrogens with zero attached hydrogens (tertiary/aromatic N) is 3. The van der Waals surface area contributed by atoms with Gasteiger partial charge in [-0.3, -0.25) is 9.80 Å². The summed E-state index contributed by atoms with van der Waals surface area (Å²) in [5.41, 5.74) is 3.67. The van der Waals surface area contributed by atoms with Crippen molar-refractivity contribution in [1.29, 1.82) is 0 Å². The molecule has 1 N–H and O–H groups in total. The molecule has 1 aromatic carbocycles. The van der Waals surface area contributed by atoms with Crippen LogP contribution in [0.2, 0.25) is 0 Å². The molecule has 1 aromatic heterocycles. The van der Waals surface area contributed by atoms with Crippen LogP contribution < -0.4 is 4.74 Å². The molecule has 5 nitrogen and oxygen atoms in total. The second-order valence-electron chi connectivity index (χ2n) is 8.59. The third-order valence-electron chi connectivity index (χ3n) is 5.74. The fourth-order valence-corrected chi connectivity index (χ4v) is 4.25. The lowest BCUT2D eigenvalue weighted by Gasteiger charge is -2.35. The molecule has 1 aliphatic heterocycles. The van der Waals surface area contributed by atoms with Crippen molar-refractivity contribution in [2.45, 2.75) is 46.7 Å². The number of ether oxygens (including phenoxy) is 1. The van der Waals surface area contributed by atoms with E-state index in [2.05, 4.69) is 58.7 Å². The van der Waals surface area contributed by atoms with E-state index in [4.69, 9.17) is 4.74 Å². The average Bonchev–Trinajstić information content (AvgIpc) is 3.08. The van der Waals surface area contributed by atoms with Gasteiger partial charge in [0.1, 0.15) is 5.75 Å². The maximum Gasteiger partial charge on any atom is 0.123 e. The molecule has 1 saturated heterocycles. The van der Waals surface area contributed by atoms with Crippen molar-refractivity contribution in [3.05, 3.63) is 47.5 Å². The minimum Gasteiger partial charge on any atom is -0.496 e. The Kier molecular flexibility index (Phi) is 7.51. The number of benzene rings is 1. The van der Waals surface area contributed by atoms with Gasteiger partial charge in [-0.15, -0.1) is 0 Å². The first-order chi connectivity index (χ1) is 13.5. The van der Waals surface area contributed by atoms with E-state index in [1.807, 2.05) is 12.4 Å². The van der Waals surface area contributed by atoms with Gasteiger partial charge in [0.2, 0.25) is 0 Å². The van der Waals surface area contributed by atoms with Crippen molar-refractivity contribution in [2.24, 2.45) is 11.8 Å². The van der Waals surface area contributed by atoms with Crippen LogP contribution in [0.4, 0.5) is 0 Å². The van der Waals surface area contributed by atoms with Gasteiger partial charge in [0, 0.05) is 37.4 Å². The first-order valence-corrected chi connectivity index (χ1v) is 10.6. The van der Waals surface area contributed by atoms with E-state index in [0.29, 0.717) is 5.92 Å². The third kappa shape index (κ3) is 5.82. The highest BCUT2D eigenvalue weighted by Gasteiger charge is 2.23. The molecule has 2 aromatic rings. The van der Waals surface area contributed by atoms with Crippen molar-refractivity contribution in [1.82, 2.24) is 19.8 Å². The zero-order valence-electron chi connectivity index (χ0n) is 17.9. The Morgan fingerprint density at radius 1 is 1.25 bits per heavy atom. The lowest BCUT2D eigenvalue weighted by molar-refractivity contribution is 0.127. The molecular formula is C23H36N4O. The van der Waals surface area contributed by atoms with Crippen LogP contribution in [0.25, 0.3) is 0 Å². The van der Waals surface area contributed by atoms with Gasteiger partial charge in [-0.1, -0.05) is 32.0 Å². The van der Waals surface area contributed by atoms with E-state index in [-0.39, 0.29) is 0 Å². The first kappa shape index (κ1) is 20.9. The highest BCUT2D eigenvalue weighted by Crippen LogP contribution is 2.24.